The fourth-order valence-corrected chi connectivity index (χ4v) is 4.18. The fraction of sp³-hybridized carbons (Fsp3) is 0.381. The van der Waals surface area contributed by atoms with Crippen LogP contribution in [-0.4, -0.2) is 65.9 Å². The third-order valence-corrected chi connectivity index (χ3v) is 5.92. The van der Waals surface area contributed by atoms with Crippen molar-refractivity contribution in [3.8, 4) is 17.1 Å². The van der Waals surface area contributed by atoms with Crippen molar-refractivity contribution in [2.75, 3.05) is 44.7 Å². The van der Waals surface area contributed by atoms with Gasteiger partial charge >= 0.3 is 0 Å². The molecule has 0 atom stereocenters. The van der Waals surface area contributed by atoms with Crippen LogP contribution in [0.4, 0.5) is 5.00 Å². The molecule has 9 heteroatoms. The van der Waals surface area contributed by atoms with E-state index < -0.39 is 0 Å². The molecule has 2 aromatic heterocycles. The van der Waals surface area contributed by atoms with Gasteiger partial charge in [-0.25, -0.2) is 9.98 Å². The van der Waals surface area contributed by atoms with Crippen molar-refractivity contribution in [1.82, 2.24) is 25.4 Å². The van der Waals surface area contributed by atoms with Crippen LogP contribution in [0.3, 0.4) is 0 Å². The number of rotatable bonds is 6. The largest absolute Gasteiger partial charge is 0.497 e. The molecule has 1 saturated heterocycles. The molecular formula is C21H27N7OS. The summed E-state index contributed by atoms with van der Waals surface area (Å²) in [6.07, 6.45) is 0. The number of hydrogen-bond donors (Lipinski definition) is 2. The van der Waals surface area contributed by atoms with E-state index in [1.165, 1.54) is 5.00 Å². The van der Waals surface area contributed by atoms with Gasteiger partial charge in [0.25, 0.3) is 0 Å². The molecule has 0 aliphatic carbocycles. The lowest BCUT2D eigenvalue weighted by atomic mass is 10.2. The van der Waals surface area contributed by atoms with Crippen molar-refractivity contribution in [2.24, 2.45) is 4.99 Å². The normalized spacial score (nSPS) is 14.8. The number of guanidine groups is 1. The van der Waals surface area contributed by atoms with Crippen LogP contribution in [0.15, 0.2) is 46.8 Å². The van der Waals surface area contributed by atoms with E-state index >= 15 is 0 Å². The SMILES string of the molecule is CCNC(=NCc1nc(-c2ccc(OC)cc2)n[nH]1)N1CCN(c2cccs2)CC1. The van der Waals surface area contributed by atoms with Crippen molar-refractivity contribution in [3.05, 3.63) is 47.6 Å². The summed E-state index contributed by atoms with van der Waals surface area (Å²) in [7, 11) is 1.65. The van der Waals surface area contributed by atoms with Gasteiger partial charge in [-0.05, 0) is 48.7 Å². The van der Waals surface area contributed by atoms with Crippen LogP contribution in [0.5, 0.6) is 5.75 Å². The average Bonchev–Trinajstić information content (AvgIpc) is 3.49. The summed E-state index contributed by atoms with van der Waals surface area (Å²) in [5.74, 6) is 3.14. The van der Waals surface area contributed by atoms with Crippen LogP contribution in [0.25, 0.3) is 11.4 Å². The van der Waals surface area contributed by atoms with Gasteiger partial charge in [0, 0.05) is 38.3 Å². The Hall–Kier alpha value is -3.07. The number of aromatic amines is 1. The molecule has 8 nitrogen and oxygen atoms in total. The van der Waals surface area contributed by atoms with E-state index in [0.29, 0.717) is 12.4 Å². The summed E-state index contributed by atoms with van der Waals surface area (Å²) < 4.78 is 5.20. The van der Waals surface area contributed by atoms with Gasteiger partial charge in [-0.2, -0.15) is 5.10 Å². The Kier molecular flexibility index (Phi) is 6.48. The molecule has 3 heterocycles. The number of nitrogens with one attached hydrogen (secondary N) is 2. The molecule has 30 heavy (non-hydrogen) atoms. The molecule has 0 amide bonds. The quantitative estimate of drug-likeness (QED) is 0.467. The topological polar surface area (TPSA) is 81.7 Å². The Labute approximate surface area is 180 Å². The standard InChI is InChI=1S/C21H27N7OS/c1-3-22-21(28-12-10-27(11-13-28)19-5-4-14-30-19)23-15-18-24-20(26-25-18)16-6-8-17(29-2)9-7-16/h4-9,14H,3,10-13,15H2,1-2H3,(H,22,23)(H,24,25,26). The maximum atomic E-state index is 5.20. The van der Waals surface area contributed by atoms with Crippen LogP contribution in [0, 0.1) is 0 Å². The highest BCUT2D eigenvalue weighted by Crippen LogP contribution is 2.22. The third-order valence-electron chi connectivity index (χ3n) is 4.99. The smallest absolute Gasteiger partial charge is 0.194 e. The third kappa shape index (κ3) is 4.73. The molecule has 1 fully saturated rings. The number of piperazine rings is 1. The van der Waals surface area contributed by atoms with Crippen molar-refractivity contribution < 1.29 is 4.74 Å². The highest BCUT2D eigenvalue weighted by atomic mass is 32.1. The summed E-state index contributed by atoms with van der Waals surface area (Å²) in [6, 6.07) is 12.0. The number of aromatic nitrogens is 3. The summed E-state index contributed by atoms with van der Waals surface area (Å²) in [5, 5.41) is 14.2. The van der Waals surface area contributed by atoms with Gasteiger partial charge in [-0.3, -0.25) is 5.10 Å². The molecule has 3 aromatic rings. The maximum absolute atomic E-state index is 5.20. The summed E-state index contributed by atoms with van der Waals surface area (Å²) in [5.41, 5.74) is 0.943. The van der Waals surface area contributed by atoms with Gasteiger partial charge in [-0.1, -0.05) is 0 Å². The number of anilines is 1. The first-order valence-electron chi connectivity index (χ1n) is 10.1. The fourth-order valence-electron chi connectivity index (χ4n) is 3.40. The lowest BCUT2D eigenvalue weighted by Crippen LogP contribution is -2.52. The van der Waals surface area contributed by atoms with Gasteiger partial charge in [0.15, 0.2) is 11.8 Å². The molecule has 0 radical (unpaired) electrons. The van der Waals surface area contributed by atoms with Crippen molar-refractivity contribution in [2.45, 2.75) is 13.5 Å². The first kappa shape index (κ1) is 20.2. The number of benzene rings is 1. The highest BCUT2D eigenvalue weighted by Gasteiger charge is 2.20. The number of aliphatic imine (C=N–C) groups is 1. The zero-order valence-electron chi connectivity index (χ0n) is 17.3. The van der Waals surface area contributed by atoms with E-state index in [4.69, 9.17) is 9.73 Å². The predicted octanol–water partition coefficient (Wildman–Crippen LogP) is 2.83. The minimum absolute atomic E-state index is 0.455. The Balaban J connectivity index is 1.39. The van der Waals surface area contributed by atoms with Gasteiger partial charge < -0.3 is 19.9 Å². The van der Waals surface area contributed by atoms with Gasteiger partial charge in [0.05, 0.1) is 12.1 Å². The Bertz CT molecular complexity index is 944. The Morgan fingerprint density at radius 2 is 2.00 bits per heavy atom. The second-order valence-electron chi connectivity index (χ2n) is 6.93. The molecule has 4 rings (SSSR count). The molecule has 1 aliphatic rings. The average molecular weight is 426 g/mol. The lowest BCUT2D eigenvalue weighted by Gasteiger charge is -2.37. The first-order chi connectivity index (χ1) is 14.8. The molecule has 0 bridgehead atoms. The van der Waals surface area contributed by atoms with E-state index in [2.05, 4.69) is 54.7 Å². The molecular weight excluding hydrogens is 398 g/mol. The minimum atomic E-state index is 0.455. The molecule has 0 unspecified atom stereocenters. The van der Waals surface area contributed by atoms with Gasteiger partial charge in [0.2, 0.25) is 0 Å². The van der Waals surface area contributed by atoms with Gasteiger partial charge in [0.1, 0.15) is 18.1 Å². The zero-order chi connectivity index (χ0) is 20.8. The second kappa shape index (κ2) is 9.62. The Morgan fingerprint density at radius 1 is 1.20 bits per heavy atom. The van der Waals surface area contributed by atoms with Crippen molar-refractivity contribution in [3.63, 3.8) is 0 Å². The van der Waals surface area contributed by atoms with Crippen molar-refractivity contribution in [1.29, 1.82) is 0 Å². The van der Waals surface area contributed by atoms with E-state index in [9.17, 15) is 0 Å². The molecule has 158 valence electrons. The maximum Gasteiger partial charge on any atom is 0.194 e. The monoisotopic (exact) mass is 425 g/mol. The number of methoxy groups -OCH3 is 1. The van der Waals surface area contributed by atoms with Crippen LogP contribution < -0.4 is 15.0 Å². The number of H-pyrrole nitrogens is 1. The molecule has 1 aromatic carbocycles. The van der Waals surface area contributed by atoms with Crippen molar-refractivity contribution >= 4 is 22.3 Å². The molecule has 0 spiro atoms. The Morgan fingerprint density at radius 3 is 2.67 bits per heavy atom. The first-order valence-corrected chi connectivity index (χ1v) is 11.0. The summed E-state index contributed by atoms with van der Waals surface area (Å²) in [4.78, 5) is 14.1. The highest BCUT2D eigenvalue weighted by molar-refractivity contribution is 7.14. The van der Waals surface area contributed by atoms with E-state index in [1.807, 2.05) is 24.3 Å². The minimum Gasteiger partial charge on any atom is -0.497 e. The van der Waals surface area contributed by atoms with Crippen LogP contribution in [0.1, 0.15) is 12.7 Å². The molecule has 0 saturated carbocycles. The van der Waals surface area contributed by atoms with E-state index in [-0.39, 0.29) is 0 Å². The van der Waals surface area contributed by atoms with E-state index in [0.717, 1.165) is 55.8 Å². The number of thiophene rings is 1. The van der Waals surface area contributed by atoms with Crippen LogP contribution in [-0.2, 0) is 6.54 Å². The molecule has 1 aliphatic heterocycles. The summed E-state index contributed by atoms with van der Waals surface area (Å²) in [6.45, 7) is 7.25. The number of ether oxygens (including phenoxy) is 1. The summed E-state index contributed by atoms with van der Waals surface area (Å²) >= 11 is 1.79. The zero-order valence-corrected chi connectivity index (χ0v) is 18.2. The van der Waals surface area contributed by atoms with Crippen LogP contribution >= 0.6 is 11.3 Å². The number of nitrogens with zero attached hydrogens (tertiary/aromatic N) is 5. The second-order valence-corrected chi connectivity index (χ2v) is 7.86. The van der Waals surface area contributed by atoms with Crippen LogP contribution in [0.2, 0.25) is 0 Å². The molecule has 2 N–H and O–H groups in total. The van der Waals surface area contributed by atoms with Gasteiger partial charge in [-0.15, -0.1) is 11.3 Å². The predicted molar refractivity (Wildman–Crippen MR) is 121 cm³/mol. The van der Waals surface area contributed by atoms with E-state index in [1.54, 1.807) is 18.4 Å². The lowest BCUT2D eigenvalue weighted by molar-refractivity contribution is 0.373. The number of hydrogen-bond acceptors (Lipinski definition) is 6.